The van der Waals surface area contributed by atoms with Crippen molar-refractivity contribution >= 4 is 21.8 Å². The SMILES string of the molecule is Cc1cc(C(C)(C)C)cc(C)c1S(=O)(=O)N1CCN(C(=O)CN(C)C(=O)c2ccco2)CC1. The molecule has 2 aromatic rings. The summed E-state index contributed by atoms with van der Waals surface area (Å²) in [6, 6.07) is 7.06. The quantitative estimate of drug-likeness (QED) is 0.663. The number of rotatable bonds is 5. The van der Waals surface area contributed by atoms with E-state index in [9.17, 15) is 18.0 Å². The first-order chi connectivity index (χ1) is 15.3. The molecule has 1 aliphatic heterocycles. The number of hydrogen-bond donors (Lipinski definition) is 0. The van der Waals surface area contributed by atoms with E-state index in [-0.39, 0.29) is 55.7 Å². The van der Waals surface area contributed by atoms with Crippen LogP contribution < -0.4 is 0 Å². The molecule has 0 atom stereocenters. The number of likely N-dealkylation sites (N-methyl/N-ethyl adjacent to an activating group) is 1. The first kappa shape index (κ1) is 25.0. The van der Waals surface area contributed by atoms with Crippen LogP contribution in [0.4, 0.5) is 0 Å². The second-order valence-corrected chi connectivity index (χ2v) is 11.5. The number of amides is 2. The zero-order valence-corrected chi connectivity index (χ0v) is 21.0. The molecule has 180 valence electrons. The maximum absolute atomic E-state index is 13.4. The number of hydrogen-bond acceptors (Lipinski definition) is 5. The van der Waals surface area contributed by atoms with E-state index in [0.29, 0.717) is 4.90 Å². The topological polar surface area (TPSA) is 91.1 Å². The van der Waals surface area contributed by atoms with Crippen LogP contribution in [0.1, 0.15) is 48.0 Å². The lowest BCUT2D eigenvalue weighted by molar-refractivity contribution is -0.132. The van der Waals surface area contributed by atoms with Crippen LogP contribution in [0.25, 0.3) is 0 Å². The Hall–Kier alpha value is -2.65. The summed E-state index contributed by atoms with van der Waals surface area (Å²) in [6.07, 6.45) is 1.41. The van der Waals surface area contributed by atoms with E-state index in [2.05, 4.69) is 20.8 Å². The molecular formula is C24H33N3O5S. The Morgan fingerprint density at radius 1 is 1.06 bits per heavy atom. The molecule has 3 rings (SSSR count). The minimum atomic E-state index is -3.68. The smallest absolute Gasteiger partial charge is 0.289 e. The van der Waals surface area contributed by atoms with E-state index in [4.69, 9.17) is 4.42 Å². The van der Waals surface area contributed by atoms with E-state index in [0.717, 1.165) is 16.7 Å². The number of benzene rings is 1. The van der Waals surface area contributed by atoms with Gasteiger partial charge in [0, 0.05) is 33.2 Å². The summed E-state index contributed by atoms with van der Waals surface area (Å²) in [7, 11) is -2.14. The van der Waals surface area contributed by atoms with Gasteiger partial charge < -0.3 is 14.2 Å². The molecule has 0 unspecified atom stereocenters. The second-order valence-electron chi connectivity index (χ2n) is 9.61. The molecule has 0 aliphatic carbocycles. The zero-order valence-electron chi connectivity index (χ0n) is 20.2. The van der Waals surface area contributed by atoms with Crippen LogP contribution in [-0.4, -0.2) is 74.1 Å². The average molecular weight is 476 g/mol. The molecule has 0 bridgehead atoms. The minimum absolute atomic E-state index is 0.0741. The minimum Gasteiger partial charge on any atom is -0.459 e. The lowest BCUT2D eigenvalue weighted by atomic mass is 9.85. The van der Waals surface area contributed by atoms with Crippen LogP contribution in [0.15, 0.2) is 39.8 Å². The Balaban J connectivity index is 1.66. The maximum Gasteiger partial charge on any atom is 0.289 e. The molecule has 8 nitrogen and oxygen atoms in total. The average Bonchev–Trinajstić information content (AvgIpc) is 3.26. The fourth-order valence-electron chi connectivity index (χ4n) is 4.06. The Labute approximate surface area is 196 Å². The van der Waals surface area contributed by atoms with Crippen molar-refractivity contribution in [2.24, 2.45) is 0 Å². The molecule has 33 heavy (non-hydrogen) atoms. The van der Waals surface area contributed by atoms with E-state index in [1.165, 1.54) is 22.5 Å². The molecule has 9 heteroatoms. The predicted molar refractivity (Wildman–Crippen MR) is 126 cm³/mol. The normalized spacial score (nSPS) is 15.5. The van der Waals surface area contributed by atoms with Crippen molar-refractivity contribution in [3.05, 3.63) is 53.0 Å². The summed E-state index contributed by atoms with van der Waals surface area (Å²) in [5, 5.41) is 0. The van der Waals surface area contributed by atoms with E-state index < -0.39 is 10.0 Å². The number of piperazine rings is 1. The molecule has 1 aromatic heterocycles. The van der Waals surface area contributed by atoms with E-state index in [1.54, 1.807) is 17.0 Å². The summed E-state index contributed by atoms with van der Waals surface area (Å²) < 4.78 is 33.4. The van der Waals surface area contributed by atoms with Crippen LogP contribution in [-0.2, 0) is 20.2 Å². The number of aryl methyl sites for hydroxylation is 2. The molecule has 1 aliphatic rings. The van der Waals surface area contributed by atoms with E-state index >= 15 is 0 Å². The second kappa shape index (κ2) is 9.30. The monoisotopic (exact) mass is 475 g/mol. The van der Waals surface area contributed by atoms with Gasteiger partial charge in [-0.3, -0.25) is 9.59 Å². The Kier molecular flexibility index (Phi) is 7.04. The van der Waals surface area contributed by atoms with Crippen molar-refractivity contribution < 1.29 is 22.4 Å². The molecular weight excluding hydrogens is 442 g/mol. The molecule has 0 radical (unpaired) electrons. The van der Waals surface area contributed by atoms with Crippen LogP contribution in [0.2, 0.25) is 0 Å². The molecule has 2 amide bonds. The van der Waals surface area contributed by atoms with Crippen molar-refractivity contribution in [2.45, 2.75) is 44.9 Å². The standard InChI is InChI=1S/C24H33N3O5S/c1-17-14-19(24(3,4)5)15-18(2)22(17)33(30,31)27-11-9-26(10-12-27)21(28)16-25(6)23(29)20-8-7-13-32-20/h7-8,13-15H,9-12,16H2,1-6H3. The highest BCUT2D eigenvalue weighted by molar-refractivity contribution is 7.89. The molecule has 2 heterocycles. The van der Waals surface area contributed by atoms with Gasteiger partial charge >= 0.3 is 0 Å². The van der Waals surface area contributed by atoms with Gasteiger partial charge in [0.25, 0.3) is 5.91 Å². The zero-order chi connectivity index (χ0) is 24.6. The van der Waals surface area contributed by atoms with Gasteiger partial charge in [-0.1, -0.05) is 32.9 Å². The molecule has 0 spiro atoms. The first-order valence-corrected chi connectivity index (χ1v) is 12.4. The number of nitrogens with zero attached hydrogens (tertiary/aromatic N) is 3. The highest BCUT2D eigenvalue weighted by atomic mass is 32.2. The van der Waals surface area contributed by atoms with Crippen LogP contribution in [0.3, 0.4) is 0 Å². The fraction of sp³-hybridized carbons (Fsp3) is 0.500. The number of sulfonamides is 1. The highest BCUT2D eigenvalue weighted by Crippen LogP contribution is 2.31. The Morgan fingerprint density at radius 2 is 1.64 bits per heavy atom. The van der Waals surface area contributed by atoms with Gasteiger partial charge in [0.15, 0.2) is 5.76 Å². The van der Waals surface area contributed by atoms with Gasteiger partial charge in [0.1, 0.15) is 0 Å². The molecule has 0 saturated carbocycles. The largest absolute Gasteiger partial charge is 0.459 e. The van der Waals surface area contributed by atoms with Crippen LogP contribution >= 0.6 is 0 Å². The van der Waals surface area contributed by atoms with Crippen LogP contribution in [0.5, 0.6) is 0 Å². The Morgan fingerprint density at radius 3 is 2.12 bits per heavy atom. The van der Waals surface area contributed by atoms with E-state index in [1.807, 2.05) is 26.0 Å². The fourth-order valence-corrected chi connectivity index (χ4v) is 5.89. The van der Waals surface area contributed by atoms with Gasteiger partial charge in [0.2, 0.25) is 15.9 Å². The van der Waals surface area contributed by atoms with Gasteiger partial charge in [-0.05, 0) is 48.1 Å². The molecule has 0 N–H and O–H groups in total. The van der Waals surface area contributed by atoms with Gasteiger partial charge in [-0.2, -0.15) is 4.31 Å². The van der Waals surface area contributed by atoms with Gasteiger partial charge in [-0.15, -0.1) is 0 Å². The van der Waals surface area contributed by atoms with Gasteiger partial charge in [-0.25, -0.2) is 8.42 Å². The maximum atomic E-state index is 13.4. The van der Waals surface area contributed by atoms with Crippen molar-refractivity contribution in [1.29, 1.82) is 0 Å². The number of furan rings is 1. The lowest BCUT2D eigenvalue weighted by Gasteiger charge is -2.35. The highest BCUT2D eigenvalue weighted by Gasteiger charge is 2.33. The van der Waals surface area contributed by atoms with Crippen LogP contribution in [0, 0.1) is 13.8 Å². The Bertz CT molecular complexity index is 1100. The summed E-state index contributed by atoms with van der Waals surface area (Å²) in [6.45, 7) is 10.9. The third-order valence-corrected chi connectivity index (χ3v) is 8.17. The van der Waals surface area contributed by atoms with Crippen molar-refractivity contribution in [1.82, 2.24) is 14.1 Å². The van der Waals surface area contributed by atoms with Gasteiger partial charge in [0.05, 0.1) is 17.7 Å². The summed E-state index contributed by atoms with van der Waals surface area (Å²) in [5.74, 6) is -0.431. The number of carbonyl (C=O) groups excluding carboxylic acids is 2. The third kappa shape index (κ3) is 5.30. The third-order valence-electron chi connectivity index (χ3n) is 5.97. The molecule has 1 fully saturated rings. The molecule has 1 saturated heterocycles. The summed E-state index contributed by atoms with van der Waals surface area (Å²) in [4.78, 5) is 28.2. The summed E-state index contributed by atoms with van der Waals surface area (Å²) in [5.41, 5.74) is 2.49. The number of carbonyl (C=O) groups is 2. The van der Waals surface area contributed by atoms with Crippen molar-refractivity contribution in [3.63, 3.8) is 0 Å². The summed E-state index contributed by atoms with van der Waals surface area (Å²) >= 11 is 0. The predicted octanol–water partition coefficient (Wildman–Crippen LogP) is 2.80. The van der Waals surface area contributed by atoms with Crippen molar-refractivity contribution in [2.75, 3.05) is 39.8 Å². The van der Waals surface area contributed by atoms with Crippen molar-refractivity contribution in [3.8, 4) is 0 Å². The molecule has 1 aromatic carbocycles. The lowest BCUT2D eigenvalue weighted by Crippen LogP contribution is -2.52. The first-order valence-electron chi connectivity index (χ1n) is 11.0.